The van der Waals surface area contributed by atoms with Gasteiger partial charge in [-0.2, -0.15) is 5.10 Å². The highest BCUT2D eigenvalue weighted by molar-refractivity contribution is 7.98. The molecule has 0 aliphatic heterocycles. The van der Waals surface area contributed by atoms with Gasteiger partial charge >= 0.3 is 0 Å². The van der Waals surface area contributed by atoms with Crippen LogP contribution in [0.5, 0.6) is 0 Å². The van der Waals surface area contributed by atoms with Crippen molar-refractivity contribution in [1.82, 2.24) is 14.8 Å². The minimum Gasteiger partial charge on any atom is -0.312 e. The Morgan fingerprint density at radius 3 is 2.64 bits per heavy atom. The number of aryl methyl sites for hydroxylation is 1. The second kappa shape index (κ2) is 3.32. The number of hydrogen-bond acceptors (Lipinski definition) is 4. The van der Waals surface area contributed by atoms with Crippen LogP contribution in [0.2, 0.25) is 0 Å². The summed E-state index contributed by atoms with van der Waals surface area (Å²) in [4.78, 5) is 0. The molecule has 0 aliphatic carbocycles. The van der Waals surface area contributed by atoms with Crippen LogP contribution in [-0.2, 0) is 7.05 Å². The Balaban J connectivity index is 3.37. The third-order valence-corrected chi connectivity index (χ3v) is 2.66. The van der Waals surface area contributed by atoms with Crippen molar-refractivity contribution in [3.63, 3.8) is 0 Å². The van der Waals surface area contributed by atoms with E-state index in [1.54, 1.807) is 11.8 Å². The summed E-state index contributed by atoms with van der Waals surface area (Å²) >= 11 is 6.64. The smallest absolute Gasteiger partial charge is 0.190 e. The van der Waals surface area contributed by atoms with Crippen molar-refractivity contribution in [3.8, 4) is 0 Å². The highest BCUT2D eigenvalue weighted by atomic mass is 32.2. The Kier molecular flexibility index (Phi) is 2.62. The number of nitrogens with zero attached hydrogens (tertiary/aromatic N) is 3. The van der Waals surface area contributed by atoms with E-state index in [1.165, 1.54) is 0 Å². The van der Waals surface area contributed by atoms with E-state index < -0.39 is 0 Å². The summed E-state index contributed by atoms with van der Waals surface area (Å²) in [5, 5.41) is 8.73. The summed E-state index contributed by atoms with van der Waals surface area (Å²) in [7, 11) is 1.90. The molecule has 5 heteroatoms. The minimum atomic E-state index is 0.754. The van der Waals surface area contributed by atoms with Crippen molar-refractivity contribution in [2.45, 2.75) is 12.1 Å². The number of thioether (sulfide) groups is 1. The first kappa shape index (κ1) is 8.67. The van der Waals surface area contributed by atoms with Crippen LogP contribution in [0.25, 0.3) is 0 Å². The zero-order valence-corrected chi connectivity index (χ0v) is 8.29. The van der Waals surface area contributed by atoms with Crippen LogP contribution in [0, 0.1) is 11.6 Å². The maximum atomic E-state index is 5.10. The van der Waals surface area contributed by atoms with Crippen molar-refractivity contribution in [1.29, 1.82) is 0 Å². The Labute approximate surface area is 74.8 Å². The van der Waals surface area contributed by atoms with Gasteiger partial charge in [-0.1, -0.05) is 24.0 Å². The summed E-state index contributed by atoms with van der Waals surface area (Å²) in [6.45, 7) is 1.86. The van der Waals surface area contributed by atoms with Gasteiger partial charge in [0, 0.05) is 7.05 Å². The van der Waals surface area contributed by atoms with Crippen LogP contribution in [0.15, 0.2) is 5.16 Å². The fourth-order valence-corrected chi connectivity index (χ4v) is 1.41. The van der Waals surface area contributed by atoms with Crippen LogP contribution in [0.3, 0.4) is 0 Å². The fraction of sp³-hybridized carbons (Fsp3) is 0.500. The maximum Gasteiger partial charge on any atom is 0.190 e. The number of rotatable bonds is 1. The standard InChI is InChI=1S/C6H9N3S2/c1-4-5(10)9(2)6(11-3)8-7-4/h1-3H3. The van der Waals surface area contributed by atoms with Gasteiger partial charge in [0.1, 0.15) is 4.64 Å². The van der Waals surface area contributed by atoms with Crippen molar-refractivity contribution in [2.75, 3.05) is 6.26 Å². The lowest BCUT2D eigenvalue weighted by Crippen LogP contribution is -2.04. The highest BCUT2D eigenvalue weighted by Gasteiger charge is 1.99. The molecule has 0 saturated carbocycles. The summed E-state index contributed by atoms with van der Waals surface area (Å²) in [5.41, 5.74) is 0.806. The zero-order valence-electron chi connectivity index (χ0n) is 6.66. The van der Waals surface area contributed by atoms with Crippen molar-refractivity contribution < 1.29 is 0 Å². The quantitative estimate of drug-likeness (QED) is 0.493. The molecule has 0 amide bonds. The van der Waals surface area contributed by atoms with E-state index >= 15 is 0 Å². The zero-order chi connectivity index (χ0) is 8.43. The predicted molar refractivity (Wildman–Crippen MR) is 48.4 cm³/mol. The number of aromatic nitrogens is 3. The van der Waals surface area contributed by atoms with E-state index in [4.69, 9.17) is 12.2 Å². The second-order valence-corrected chi connectivity index (χ2v) is 3.30. The number of hydrogen-bond donors (Lipinski definition) is 0. The van der Waals surface area contributed by atoms with Gasteiger partial charge in [0.15, 0.2) is 5.16 Å². The average Bonchev–Trinajstić information content (AvgIpc) is 2.01. The molecule has 0 radical (unpaired) electrons. The summed E-state index contributed by atoms with van der Waals surface area (Å²) in [6, 6.07) is 0. The van der Waals surface area contributed by atoms with Crippen LogP contribution >= 0.6 is 24.0 Å². The normalized spacial score (nSPS) is 10.1. The molecule has 1 aromatic rings. The fourth-order valence-electron chi connectivity index (χ4n) is 0.735. The molecule has 3 nitrogen and oxygen atoms in total. The van der Waals surface area contributed by atoms with E-state index in [9.17, 15) is 0 Å². The Morgan fingerprint density at radius 2 is 2.09 bits per heavy atom. The molecule has 0 aromatic carbocycles. The van der Waals surface area contributed by atoms with E-state index in [2.05, 4.69) is 10.2 Å². The molecule has 0 atom stereocenters. The van der Waals surface area contributed by atoms with E-state index in [0.29, 0.717) is 0 Å². The van der Waals surface area contributed by atoms with Gasteiger partial charge in [-0.3, -0.25) is 0 Å². The Bertz CT molecular complexity index is 318. The molecule has 0 N–H and O–H groups in total. The molecule has 0 saturated heterocycles. The second-order valence-electron chi connectivity index (χ2n) is 2.14. The van der Waals surface area contributed by atoms with Gasteiger partial charge in [-0.05, 0) is 13.2 Å². The molecule has 11 heavy (non-hydrogen) atoms. The van der Waals surface area contributed by atoms with Gasteiger partial charge in [0.05, 0.1) is 5.69 Å². The van der Waals surface area contributed by atoms with Crippen LogP contribution in [0.1, 0.15) is 5.69 Å². The first-order valence-corrected chi connectivity index (χ1v) is 4.74. The molecule has 1 aromatic heterocycles. The van der Waals surface area contributed by atoms with Crippen molar-refractivity contribution in [3.05, 3.63) is 10.3 Å². The molecule has 0 aliphatic rings. The van der Waals surface area contributed by atoms with Gasteiger partial charge in [0.25, 0.3) is 0 Å². The molecule has 0 bridgehead atoms. The molecule has 0 spiro atoms. The predicted octanol–water partition coefficient (Wildman–Crippen LogP) is 1.57. The minimum absolute atomic E-state index is 0.754. The third-order valence-electron chi connectivity index (χ3n) is 1.37. The lowest BCUT2D eigenvalue weighted by atomic mass is 10.5. The summed E-state index contributed by atoms with van der Waals surface area (Å²) in [5.74, 6) is 0. The Morgan fingerprint density at radius 1 is 1.45 bits per heavy atom. The van der Waals surface area contributed by atoms with Gasteiger partial charge in [0.2, 0.25) is 0 Å². The van der Waals surface area contributed by atoms with E-state index in [1.807, 2.05) is 24.8 Å². The first-order valence-electron chi connectivity index (χ1n) is 3.11. The van der Waals surface area contributed by atoms with E-state index in [-0.39, 0.29) is 0 Å². The van der Waals surface area contributed by atoms with Gasteiger partial charge in [-0.25, -0.2) is 0 Å². The highest BCUT2D eigenvalue weighted by Crippen LogP contribution is 2.09. The monoisotopic (exact) mass is 187 g/mol. The maximum absolute atomic E-state index is 5.10. The molecule has 0 unspecified atom stereocenters. The SMILES string of the molecule is CSc1nnc(C)c(=S)n1C. The first-order chi connectivity index (χ1) is 5.16. The summed E-state index contributed by atoms with van der Waals surface area (Å²) < 4.78 is 2.62. The lowest BCUT2D eigenvalue weighted by Gasteiger charge is -2.03. The van der Waals surface area contributed by atoms with Crippen LogP contribution < -0.4 is 0 Å². The molecule has 1 heterocycles. The van der Waals surface area contributed by atoms with Gasteiger partial charge < -0.3 is 4.57 Å². The van der Waals surface area contributed by atoms with Crippen molar-refractivity contribution >= 4 is 24.0 Å². The molecule has 60 valence electrons. The molecule has 0 fully saturated rings. The van der Waals surface area contributed by atoms with Crippen molar-refractivity contribution in [2.24, 2.45) is 7.05 Å². The van der Waals surface area contributed by atoms with Crippen LogP contribution in [0.4, 0.5) is 0 Å². The third kappa shape index (κ3) is 1.59. The largest absolute Gasteiger partial charge is 0.312 e. The average molecular weight is 187 g/mol. The Hall–Kier alpha value is -0.420. The molecular formula is C6H9N3S2. The van der Waals surface area contributed by atoms with Gasteiger partial charge in [-0.15, -0.1) is 5.10 Å². The lowest BCUT2D eigenvalue weighted by molar-refractivity contribution is 0.664. The molecular weight excluding hydrogens is 178 g/mol. The van der Waals surface area contributed by atoms with Crippen LogP contribution in [-0.4, -0.2) is 21.0 Å². The summed E-state index contributed by atoms with van der Waals surface area (Å²) in [6.07, 6.45) is 1.95. The van der Waals surface area contributed by atoms with E-state index in [0.717, 1.165) is 15.5 Å². The topological polar surface area (TPSA) is 30.7 Å². The molecule has 1 rings (SSSR count).